The Hall–Kier alpha value is -3.15. The summed E-state index contributed by atoms with van der Waals surface area (Å²) >= 11 is 0. The Morgan fingerprint density at radius 1 is 1.13 bits per heavy atom. The highest BCUT2D eigenvalue weighted by molar-refractivity contribution is 5.63. The Bertz CT molecular complexity index is 1070. The predicted octanol–water partition coefficient (Wildman–Crippen LogP) is 2.49. The summed E-state index contributed by atoms with van der Waals surface area (Å²) in [6, 6.07) is 11.7. The smallest absolute Gasteiger partial charge is 0.305 e. The van der Waals surface area contributed by atoms with Crippen LogP contribution in [-0.2, 0) is 0 Å². The Labute approximate surface area is 132 Å². The molecule has 0 saturated heterocycles. The lowest BCUT2D eigenvalue weighted by Crippen LogP contribution is -2.15. The molecule has 4 rings (SSSR count). The van der Waals surface area contributed by atoms with Gasteiger partial charge in [0.05, 0.1) is 11.4 Å². The van der Waals surface area contributed by atoms with Crippen LogP contribution in [0.15, 0.2) is 53.7 Å². The van der Waals surface area contributed by atoms with Crippen molar-refractivity contribution >= 4 is 5.65 Å². The van der Waals surface area contributed by atoms with Gasteiger partial charge in [-0.3, -0.25) is 4.57 Å². The fourth-order valence-corrected chi connectivity index (χ4v) is 2.84. The molecule has 114 valence electrons. The minimum atomic E-state index is -0.151. The molecular weight excluding hydrogens is 290 g/mol. The van der Waals surface area contributed by atoms with Gasteiger partial charge in [0.15, 0.2) is 5.65 Å². The number of aryl methyl sites for hydroxylation is 1. The van der Waals surface area contributed by atoms with Crippen LogP contribution in [0.3, 0.4) is 0 Å². The van der Waals surface area contributed by atoms with Crippen LogP contribution in [0, 0.1) is 13.8 Å². The molecule has 0 unspecified atom stereocenters. The fraction of sp³-hybridized carbons (Fsp3) is 0.118. The second-order valence-electron chi connectivity index (χ2n) is 5.55. The third-order valence-electron chi connectivity index (χ3n) is 3.95. The number of aromatic amines is 1. The summed E-state index contributed by atoms with van der Waals surface area (Å²) < 4.78 is 3.38. The zero-order valence-electron chi connectivity index (χ0n) is 12.8. The van der Waals surface area contributed by atoms with Crippen molar-refractivity contribution in [1.82, 2.24) is 24.1 Å². The molecule has 0 aliphatic carbocycles. The van der Waals surface area contributed by atoms with Gasteiger partial charge in [0.1, 0.15) is 6.33 Å². The molecule has 0 spiro atoms. The molecule has 0 aliphatic heterocycles. The number of rotatable bonds is 2. The molecule has 3 heterocycles. The van der Waals surface area contributed by atoms with Gasteiger partial charge in [0, 0.05) is 17.5 Å². The summed E-state index contributed by atoms with van der Waals surface area (Å²) in [7, 11) is 0. The maximum absolute atomic E-state index is 12.4. The minimum Gasteiger partial charge on any atom is -0.305 e. The molecule has 23 heavy (non-hydrogen) atoms. The Balaban J connectivity index is 1.91. The monoisotopic (exact) mass is 305 g/mol. The average Bonchev–Trinajstić information content (AvgIpc) is 3.10. The second-order valence-corrected chi connectivity index (χ2v) is 5.55. The van der Waals surface area contributed by atoms with Crippen LogP contribution in [-0.4, -0.2) is 24.1 Å². The predicted molar refractivity (Wildman–Crippen MR) is 87.8 cm³/mol. The van der Waals surface area contributed by atoms with Crippen molar-refractivity contribution in [1.29, 1.82) is 0 Å². The van der Waals surface area contributed by atoms with Gasteiger partial charge in [0.2, 0.25) is 0 Å². The summed E-state index contributed by atoms with van der Waals surface area (Å²) in [5.74, 6) is 0. The van der Waals surface area contributed by atoms with E-state index in [1.807, 2.05) is 56.4 Å². The molecule has 0 bridgehead atoms. The third-order valence-corrected chi connectivity index (χ3v) is 3.95. The molecule has 0 amide bonds. The van der Waals surface area contributed by atoms with E-state index in [0.717, 1.165) is 33.8 Å². The first-order valence-electron chi connectivity index (χ1n) is 7.32. The van der Waals surface area contributed by atoms with Crippen LogP contribution >= 0.6 is 0 Å². The van der Waals surface area contributed by atoms with Gasteiger partial charge in [0.25, 0.3) is 0 Å². The molecule has 6 nitrogen and oxygen atoms in total. The van der Waals surface area contributed by atoms with Crippen molar-refractivity contribution in [2.75, 3.05) is 0 Å². The van der Waals surface area contributed by atoms with Crippen molar-refractivity contribution in [2.24, 2.45) is 0 Å². The van der Waals surface area contributed by atoms with Crippen molar-refractivity contribution in [3.8, 4) is 16.9 Å². The van der Waals surface area contributed by atoms with Gasteiger partial charge in [-0.15, -0.1) is 0 Å². The van der Waals surface area contributed by atoms with Crippen molar-refractivity contribution < 1.29 is 0 Å². The highest BCUT2D eigenvalue weighted by Gasteiger charge is 2.14. The first-order valence-corrected chi connectivity index (χ1v) is 7.32. The Morgan fingerprint density at radius 2 is 2.00 bits per heavy atom. The van der Waals surface area contributed by atoms with Gasteiger partial charge in [-0.2, -0.15) is 5.10 Å². The fourth-order valence-electron chi connectivity index (χ4n) is 2.84. The summed E-state index contributed by atoms with van der Waals surface area (Å²) in [6.07, 6.45) is 3.37. The Morgan fingerprint density at radius 3 is 2.83 bits per heavy atom. The molecule has 0 saturated carbocycles. The topological polar surface area (TPSA) is 68.0 Å². The van der Waals surface area contributed by atoms with Gasteiger partial charge in [-0.05, 0) is 43.7 Å². The van der Waals surface area contributed by atoms with E-state index in [4.69, 9.17) is 0 Å². The highest BCUT2D eigenvalue weighted by atomic mass is 16.1. The average molecular weight is 305 g/mol. The Kier molecular flexibility index (Phi) is 2.90. The number of hydrogen-bond donors (Lipinski definition) is 1. The lowest BCUT2D eigenvalue weighted by Gasteiger charge is -2.06. The van der Waals surface area contributed by atoms with Crippen molar-refractivity contribution in [2.45, 2.75) is 13.8 Å². The molecule has 0 radical (unpaired) electrons. The van der Waals surface area contributed by atoms with E-state index >= 15 is 0 Å². The number of pyridine rings is 1. The standard InChI is InChI=1S/C17H15N5O/c1-11-4-3-5-14(8-11)22-12(2)16(20-17(22)23)13-6-7-15-18-10-19-21(15)9-13/h3-10H,1-2H3,(H,20,23). The molecule has 3 aromatic heterocycles. The number of fused-ring (bicyclic) bond motifs is 1. The number of aromatic nitrogens is 5. The van der Waals surface area contributed by atoms with E-state index in [1.165, 1.54) is 6.33 Å². The van der Waals surface area contributed by atoms with Crippen LogP contribution in [0.4, 0.5) is 0 Å². The minimum absolute atomic E-state index is 0.151. The molecule has 0 fully saturated rings. The highest BCUT2D eigenvalue weighted by Crippen LogP contribution is 2.22. The lowest BCUT2D eigenvalue weighted by molar-refractivity contribution is 0.947. The number of nitrogens with zero attached hydrogens (tertiary/aromatic N) is 4. The van der Waals surface area contributed by atoms with Crippen molar-refractivity contribution in [3.63, 3.8) is 0 Å². The molecule has 1 N–H and O–H groups in total. The maximum atomic E-state index is 12.4. The molecule has 0 atom stereocenters. The normalized spacial score (nSPS) is 11.2. The van der Waals surface area contributed by atoms with Gasteiger partial charge < -0.3 is 4.98 Å². The van der Waals surface area contributed by atoms with Crippen LogP contribution in [0.5, 0.6) is 0 Å². The largest absolute Gasteiger partial charge is 0.330 e. The van der Waals surface area contributed by atoms with Gasteiger partial charge in [-0.1, -0.05) is 12.1 Å². The first kappa shape index (κ1) is 13.5. The molecule has 0 aliphatic rings. The number of hydrogen-bond acceptors (Lipinski definition) is 3. The van der Waals surface area contributed by atoms with Crippen LogP contribution in [0.25, 0.3) is 22.6 Å². The van der Waals surface area contributed by atoms with E-state index in [2.05, 4.69) is 15.1 Å². The molecule has 4 aromatic rings. The zero-order valence-corrected chi connectivity index (χ0v) is 12.8. The van der Waals surface area contributed by atoms with E-state index < -0.39 is 0 Å². The molecule has 6 heteroatoms. The van der Waals surface area contributed by atoms with Crippen molar-refractivity contribution in [3.05, 3.63) is 70.7 Å². The number of nitrogens with one attached hydrogen (secondary N) is 1. The summed E-state index contributed by atoms with van der Waals surface area (Å²) in [4.78, 5) is 19.5. The van der Waals surface area contributed by atoms with E-state index in [-0.39, 0.29) is 5.69 Å². The first-order chi connectivity index (χ1) is 11.1. The third kappa shape index (κ3) is 2.15. The van der Waals surface area contributed by atoms with Gasteiger partial charge >= 0.3 is 5.69 Å². The summed E-state index contributed by atoms with van der Waals surface area (Å²) in [5, 5.41) is 4.14. The van der Waals surface area contributed by atoms with Crippen LogP contribution < -0.4 is 5.69 Å². The summed E-state index contributed by atoms with van der Waals surface area (Å²) in [6.45, 7) is 3.94. The molecule has 1 aromatic carbocycles. The van der Waals surface area contributed by atoms with E-state index in [0.29, 0.717) is 0 Å². The lowest BCUT2D eigenvalue weighted by atomic mass is 10.1. The second kappa shape index (κ2) is 4.95. The number of imidazole rings is 1. The van der Waals surface area contributed by atoms with Crippen LogP contribution in [0.1, 0.15) is 11.3 Å². The zero-order chi connectivity index (χ0) is 16.0. The molecular formula is C17H15N5O. The van der Waals surface area contributed by atoms with E-state index in [1.54, 1.807) is 9.08 Å². The number of benzene rings is 1. The quantitative estimate of drug-likeness (QED) is 0.618. The van der Waals surface area contributed by atoms with Gasteiger partial charge in [-0.25, -0.2) is 14.3 Å². The van der Waals surface area contributed by atoms with Crippen LogP contribution in [0.2, 0.25) is 0 Å². The maximum Gasteiger partial charge on any atom is 0.330 e. The van der Waals surface area contributed by atoms with E-state index in [9.17, 15) is 4.79 Å². The summed E-state index contributed by atoms with van der Waals surface area (Å²) in [5.41, 5.74) is 5.13. The SMILES string of the molecule is Cc1cccc(-n2c(C)c(-c3ccc4ncnn4c3)[nH]c2=O)c1. The number of H-pyrrole nitrogens is 1.